The van der Waals surface area contributed by atoms with Crippen molar-refractivity contribution in [1.82, 2.24) is 4.98 Å². The van der Waals surface area contributed by atoms with E-state index in [0.29, 0.717) is 25.7 Å². The Morgan fingerprint density at radius 2 is 2.35 bits per heavy atom. The molecule has 1 fully saturated rings. The van der Waals surface area contributed by atoms with Crippen molar-refractivity contribution in [2.75, 3.05) is 44.9 Å². The molecule has 2 rings (SSSR count). The topological polar surface area (TPSA) is 71.9 Å². The van der Waals surface area contributed by atoms with Crippen LogP contribution in [-0.2, 0) is 9.47 Å². The molecule has 0 bridgehead atoms. The number of aromatic carboxylic acids is 1. The van der Waals surface area contributed by atoms with Crippen molar-refractivity contribution in [1.29, 1.82) is 0 Å². The number of nitrogens with zero attached hydrogens (tertiary/aromatic N) is 2. The molecule has 1 aliphatic heterocycles. The van der Waals surface area contributed by atoms with Crippen molar-refractivity contribution in [3.63, 3.8) is 0 Å². The minimum atomic E-state index is -0.995. The summed E-state index contributed by atoms with van der Waals surface area (Å²) in [5.41, 5.74) is 0.0855. The van der Waals surface area contributed by atoms with E-state index < -0.39 is 5.97 Å². The average Bonchev–Trinajstić information content (AvgIpc) is 2.92. The highest BCUT2D eigenvalue weighted by molar-refractivity contribution is 5.85. The Balaban J connectivity index is 1.86. The van der Waals surface area contributed by atoms with Gasteiger partial charge in [-0.2, -0.15) is 0 Å². The lowest BCUT2D eigenvalue weighted by atomic mass is 10.1. The fraction of sp³-hybridized carbons (Fsp3) is 0.571. The van der Waals surface area contributed by atoms with Gasteiger partial charge in [0.15, 0.2) is 5.69 Å². The lowest BCUT2D eigenvalue weighted by Crippen LogP contribution is -2.23. The Labute approximate surface area is 118 Å². The first-order valence-corrected chi connectivity index (χ1v) is 6.72. The minimum Gasteiger partial charge on any atom is -0.477 e. The van der Waals surface area contributed by atoms with Gasteiger partial charge in [-0.1, -0.05) is 6.07 Å². The molecule has 6 nitrogen and oxygen atoms in total. The lowest BCUT2D eigenvalue weighted by molar-refractivity contribution is 0.0549. The van der Waals surface area contributed by atoms with Crippen LogP contribution in [0.4, 0.5) is 5.82 Å². The Bertz CT molecular complexity index is 453. The summed E-state index contributed by atoms with van der Waals surface area (Å²) in [5, 5.41) is 8.96. The average molecular weight is 280 g/mol. The molecular weight excluding hydrogens is 260 g/mol. The van der Waals surface area contributed by atoms with E-state index in [2.05, 4.69) is 9.88 Å². The number of carbonyl (C=O) groups is 1. The fourth-order valence-electron chi connectivity index (χ4n) is 2.29. The second kappa shape index (κ2) is 7.21. The molecule has 1 atom stereocenters. The number of methoxy groups -OCH3 is 1. The van der Waals surface area contributed by atoms with Crippen LogP contribution < -0.4 is 4.90 Å². The summed E-state index contributed by atoms with van der Waals surface area (Å²) in [6.07, 6.45) is 1.03. The second-order valence-corrected chi connectivity index (χ2v) is 4.85. The van der Waals surface area contributed by atoms with Gasteiger partial charge in [-0.25, -0.2) is 9.78 Å². The minimum absolute atomic E-state index is 0.0855. The third-order valence-electron chi connectivity index (χ3n) is 3.35. The van der Waals surface area contributed by atoms with E-state index in [1.165, 1.54) is 6.07 Å². The number of carboxylic acids is 1. The van der Waals surface area contributed by atoms with Gasteiger partial charge in [-0.05, 0) is 18.6 Å². The molecule has 20 heavy (non-hydrogen) atoms. The van der Waals surface area contributed by atoms with Crippen LogP contribution in [0.2, 0.25) is 0 Å². The molecule has 1 aliphatic rings. The fourth-order valence-corrected chi connectivity index (χ4v) is 2.29. The van der Waals surface area contributed by atoms with Gasteiger partial charge in [-0.15, -0.1) is 0 Å². The summed E-state index contributed by atoms with van der Waals surface area (Å²) in [4.78, 5) is 17.2. The Morgan fingerprint density at radius 3 is 3.10 bits per heavy atom. The van der Waals surface area contributed by atoms with Crippen LogP contribution in [0.1, 0.15) is 16.9 Å². The van der Waals surface area contributed by atoms with E-state index in [-0.39, 0.29) is 5.69 Å². The molecule has 1 aromatic heterocycles. The van der Waals surface area contributed by atoms with Crippen molar-refractivity contribution in [3.8, 4) is 0 Å². The molecule has 0 aliphatic carbocycles. The van der Waals surface area contributed by atoms with Gasteiger partial charge in [0, 0.05) is 26.1 Å². The number of aromatic nitrogens is 1. The molecule has 1 N–H and O–H groups in total. The third kappa shape index (κ3) is 3.91. The lowest BCUT2D eigenvalue weighted by Gasteiger charge is -2.17. The van der Waals surface area contributed by atoms with Crippen molar-refractivity contribution in [2.24, 2.45) is 5.92 Å². The summed E-state index contributed by atoms with van der Waals surface area (Å²) in [7, 11) is 1.65. The number of hydrogen-bond donors (Lipinski definition) is 1. The molecular formula is C14H20N2O4. The smallest absolute Gasteiger partial charge is 0.354 e. The maximum absolute atomic E-state index is 10.9. The molecule has 110 valence electrons. The number of anilines is 1. The van der Waals surface area contributed by atoms with Gasteiger partial charge < -0.3 is 19.5 Å². The van der Waals surface area contributed by atoms with Crippen molar-refractivity contribution < 1.29 is 19.4 Å². The molecule has 1 unspecified atom stereocenters. The summed E-state index contributed by atoms with van der Waals surface area (Å²) < 4.78 is 10.5. The third-order valence-corrected chi connectivity index (χ3v) is 3.35. The van der Waals surface area contributed by atoms with Crippen LogP contribution in [0.15, 0.2) is 18.2 Å². The van der Waals surface area contributed by atoms with E-state index in [9.17, 15) is 4.79 Å². The van der Waals surface area contributed by atoms with Crippen LogP contribution in [0, 0.1) is 5.92 Å². The Kier molecular flexibility index (Phi) is 5.31. The van der Waals surface area contributed by atoms with Gasteiger partial charge >= 0.3 is 5.97 Å². The summed E-state index contributed by atoms with van der Waals surface area (Å²) in [5.74, 6) is 0.192. The number of hydrogen-bond acceptors (Lipinski definition) is 5. The molecule has 0 amide bonds. The zero-order chi connectivity index (χ0) is 14.4. The Hall–Kier alpha value is -1.66. The molecule has 0 aromatic carbocycles. The summed E-state index contributed by atoms with van der Waals surface area (Å²) in [6, 6.07) is 5.09. The van der Waals surface area contributed by atoms with Gasteiger partial charge in [0.2, 0.25) is 0 Å². The predicted molar refractivity (Wildman–Crippen MR) is 74.2 cm³/mol. The van der Waals surface area contributed by atoms with Crippen LogP contribution in [0.3, 0.4) is 0 Å². The highest BCUT2D eigenvalue weighted by atomic mass is 16.5. The molecule has 0 saturated carbocycles. The molecule has 1 aromatic rings. The van der Waals surface area contributed by atoms with Crippen LogP contribution in [0.25, 0.3) is 0 Å². The number of rotatable bonds is 7. The summed E-state index contributed by atoms with van der Waals surface area (Å²) >= 11 is 0. The van der Waals surface area contributed by atoms with Crippen LogP contribution in [-0.4, -0.2) is 56.1 Å². The highest BCUT2D eigenvalue weighted by Crippen LogP contribution is 2.22. The molecule has 1 saturated heterocycles. The number of ether oxygens (including phenoxy) is 2. The quantitative estimate of drug-likeness (QED) is 0.758. The monoisotopic (exact) mass is 280 g/mol. The van der Waals surface area contributed by atoms with Gasteiger partial charge in [0.05, 0.1) is 19.8 Å². The first-order valence-electron chi connectivity index (χ1n) is 6.72. The van der Waals surface area contributed by atoms with Crippen LogP contribution in [0.5, 0.6) is 0 Å². The molecule has 6 heteroatoms. The zero-order valence-corrected chi connectivity index (χ0v) is 11.6. The van der Waals surface area contributed by atoms with Gasteiger partial charge in [0.25, 0.3) is 0 Å². The zero-order valence-electron chi connectivity index (χ0n) is 11.6. The largest absolute Gasteiger partial charge is 0.477 e. The van der Waals surface area contributed by atoms with Crippen molar-refractivity contribution in [3.05, 3.63) is 23.9 Å². The standard InChI is InChI=1S/C14H20N2O4/c1-19-7-8-20-10-11-5-6-16(9-11)13-4-2-3-12(15-13)14(17)18/h2-4,11H,5-10H2,1H3,(H,17,18). The van der Waals surface area contributed by atoms with E-state index in [1.54, 1.807) is 13.2 Å². The second-order valence-electron chi connectivity index (χ2n) is 4.85. The first-order chi connectivity index (χ1) is 9.70. The normalized spacial score (nSPS) is 18.4. The predicted octanol–water partition coefficient (Wildman–Crippen LogP) is 1.27. The van der Waals surface area contributed by atoms with Gasteiger partial charge in [-0.3, -0.25) is 0 Å². The number of pyridine rings is 1. The maximum Gasteiger partial charge on any atom is 0.354 e. The van der Waals surface area contributed by atoms with E-state index in [4.69, 9.17) is 14.6 Å². The van der Waals surface area contributed by atoms with Crippen molar-refractivity contribution in [2.45, 2.75) is 6.42 Å². The molecule has 0 radical (unpaired) electrons. The van der Waals surface area contributed by atoms with Crippen molar-refractivity contribution >= 4 is 11.8 Å². The molecule has 2 heterocycles. The number of carboxylic acid groups (broad SMARTS) is 1. The van der Waals surface area contributed by atoms with Crippen LogP contribution >= 0.6 is 0 Å². The van der Waals surface area contributed by atoms with E-state index in [0.717, 1.165) is 25.3 Å². The Morgan fingerprint density at radius 1 is 1.50 bits per heavy atom. The first kappa shape index (κ1) is 14.7. The molecule has 0 spiro atoms. The van der Waals surface area contributed by atoms with Gasteiger partial charge in [0.1, 0.15) is 5.82 Å². The SMILES string of the molecule is COCCOCC1CCN(c2cccc(C(=O)O)n2)C1. The summed E-state index contributed by atoms with van der Waals surface area (Å²) in [6.45, 7) is 3.66. The maximum atomic E-state index is 10.9. The highest BCUT2D eigenvalue weighted by Gasteiger charge is 2.24. The van der Waals surface area contributed by atoms with E-state index >= 15 is 0 Å². The van der Waals surface area contributed by atoms with E-state index in [1.807, 2.05) is 6.07 Å².